The number of rotatable bonds is 8. The lowest BCUT2D eigenvalue weighted by Gasteiger charge is -2.17. The number of carbonyl (C=O) groups excluding carboxylic acids is 1. The van der Waals surface area contributed by atoms with Crippen molar-refractivity contribution >= 4 is 16.1 Å². The van der Waals surface area contributed by atoms with E-state index in [1.807, 2.05) is 0 Å². The Morgan fingerprint density at radius 2 is 2.00 bits per heavy atom. The van der Waals surface area contributed by atoms with Crippen molar-refractivity contribution in [3.8, 4) is 0 Å². The normalized spacial score (nSPS) is 11.8. The molecule has 0 saturated heterocycles. The van der Waals surface area contributed by atoms with Crippen LogP contribution in [0.25, 0.3) is 0 Å². The van der Waals surface area contributed by atoms with Crippen LogP contribution in [-0.4, -0.2) is 51.9 Å². The number of nitrogens with one attached hydrogen (secondary N) is 2. The molecule has 0 aliphatic rings. The number of carbonyl (C=O) groups is 1. The third-order valence-corrected chi connectivity index (χ3v) is 3.44. The molecule has 0 aromatic rings. The second kappa shape index (κ2) is 7.55. The molecular weight excluding hydrogens is 232 g/mol. The number of hydrogen-bond acceptors (Lipinski definition) is 4. The van der Waals surface area contributed by atoms with E-state index in [-0.39, 0.29) is 19.0 Å². The summed E-state index contributed by atoms with van der Waals surface area (Å²) in [4.78, 5) is 10.5. The highest BCUT2D eigenvalue weighted by molar-refractivity contribution is 7.87. The van der Waals surface area contributed by atoms with E-state index in [0.29, 0.717) is 19.5 Å². The summed E-state index contributed by atoms with van der Waals surface area (Å²) in [6.45, 7) is 2.66. The highest BCUT2D eigenvalue weighted by Crippen LogP contribution is 1.93. The first kappa shape index (κ1) is 15.3. The van der Waals surface area contributed by atoms with Crippen LogP contribution in [-0.2, 0) is 15.0 Å². The van der Waals surface area contributed by atoms with Gasteiger partial charge in [0.1, 0.15) is 0 Å². The van der Waals surface area contributed by atoms with Gasteiger partial charge in [-0.2, -0.15) is 12.7 Å². The standard InChI is InChI=1S/C8H20N4O3S/c1-8(13)10-5-6-11-16(14,15)12(2)7-3-4-9/h11H,3-7,9H2,1-2H3,(H,10,13). The molecule has 16 heavy (non-hydrogen) atoms. The van der Waals surface area contributed by atoms with Gasteiger partial charge in [-0.05, 0) is 13.0 Å². The maximum atomic E-state index is 11.5. The van der Waals surface area contributed by atoms with E-state index in [1.54, 1.807) is 0 Å². The monoisotopic (exact) mass is 252 g/mol. The lowest BCUT2D eigenvalue weighted by atomic mass is 10.4. The van der Waals surface area contributed by atoms with Crippen LogP contribution in [0.2, 0.25) is 0 Å². The summed E-state index contributed by atoms with van der Waals surface area (Å²) >= 11 is 0. The molecule has 0 aliphatic carbocycles. The van der Waals surface area contributed by atoms with Crippen molar-refractivity contribution < 1.29 is 13.2 Å². The van der Waals surface area contributed by atoms with Crippen LogP contribution in [0.15, 0.2) is 0 Å². The summed E-state index contributed by atoms with van der Waals surface area (Å²) in [6, 6.07) is 0. The summed E-state index contributed by atoms with van der Waals surface area (Å²) in [5.41, 5.74) is 5.29. The molecular formula is C8H20N4O3S. The van der Waals surface area contributed by atoms with Crippen LogP contribution < -0.4 is 15.8 Å². The lowest BCUT2D eigenvalue weighted by Crippen LogP contribution is -2.42. The van der Waals surface area contributed by atoms with Crippen LogP contribution in [0, 0.1) is 0 Å². The second-order valence-electron chi connectivity index (χ2n) is 3.35. The summed E-state index contributed by atoms with van der Waals surface area (Å²) in [6.07, 6.45) is 0.614. The highest BCUT2D eigenvalue weighted by Gasteiger charge is 2.15. The average Bonchev–Trinajstić information content (AvgIpc) is 2.20. The van der Waals surface area contributed by atoms with Gasteiger partial charge in [0.25, 0.3) is 10.2 Å². The van der Waals surface area contributed by atoms with Crippen LogP contribution in [0.5, 0.6) is 0 Å². The van der Waals surface area contributed by atoms with Gasteiger partial charge in [0.2, 0.25) is 5.91 Å². The van der Waals surface area contributed by atoms with Crippen molar-refractivity contribution in [2.75, 3.05) is 33.2 Å². The Balaban J connectivity index is 3.90. The fraction of sp³-hybridized carbons (Fsp3) is 0.875. The minimum absolute atomic E-state index is 0.175. The predicted molar refractivity (Wildman–Crippen MR) is 61.9 cm³/mol. The second-order valence-corrected chi connectivity index (χ2v) is 5.21. The molecule has 0 fully saturated rings. The molecule has 0 aromatic carbocycles. The lowest BCUT2D eigenvalue weighted by molar-refractivity contribution is -0.118. The van der Waals surface area contributed by atoms with Crippen LogP contribution in [0.1, 0.15) is 13.3 Å². The van der Waals surface area contributed by atoms with Gasteiger partial charge in [-0.25, -0.2) is 4.72 Å². The van der Waals surface area contributed by atoms with Gasteiger partial charge in [-0.1, -0.05) is 0 Å². The quantitative estimate of drug-likeness (QED) is 0.445. The van der Waals surface area contributed by atoms with E-state index in [4.69, 9.17) is 5.73 Å². The van der Waals surface area contributed by atoms with Gasteiger partial charge >= 0.3 is 0 Å². The molecule has 8 heteroatoms. The fourth-order valence-electron chi connectivity index (χ4n) is 0.963. The Kier molecular flexibility index (Phi) is 7.22. The first-order chi connectivity index (χ1) is 7.40. The molecule has 0 aromatic heterocycles. The summed E-state index contributed by atoms with van der Waals surface area (Å²) in [5.74, 6) is -0.185. The van der Waals surface area contributed by atoms with Crippen molar-refractivity contribution in [3.05, 3.63) is 0 Å². The largest absolute Gasteiger partial charge is 0.355 e. The van der Waals surface area contributed by atoms with Crippen LogP contribution in [0.3, 0.4) is 0 Å². The molecule has 96 valence electrons. The van der Waals surface area contributed by atoms with E-state index < -0.39 is 10.2 Å². The molecule has 7 nitrogen and oxygen atoms in total. The Labute approximate surface area is 96.6 Å². The maximum absolute atomic E-state index is 11.5. The smallest absolute Gasteiger partial charge is 0.279 e. The number of amides is 1. The number of hydrogen-bond donors (Lipinski definition) is 3. The SMILES string of the molecule is CC(=O)NCCNS(=O)(=O)N(C)CCCN. The zero-order chi connectivity index (χ0) is 12.6. The van der Waals surface area contributed by atoms with Gasteiger partial charge < -0.3 is 11.1 Å². The average molecular weight is 252 g/mol. The molecule has 0 atom stereocenters. The number of nitrogens with two attached hydrogens (primary N) is 1. The summed E-state index contributed by atoms with van der Waals surface area (Å²) < 4.78 is 26.7. The van der Waals surface area contributed by atoms with Crippen molar-refractivity contribution in [3.63, 3.8) is 0 Å². The van der Waals surface area contributed by atoms with Crippen molar-refractivity contribution in [1.29, 1.82) is 0 Å². The van der Waals surface area contributed by atoms with Crippen LogP contribution in [0.4, 0.5) is 0 Å². The minimum atomic E-state index is -3.45. The minimum Gasteiger partial charge on any atom is -0.355 e. The Morgan fingerprint density at radius 3 is 2.50 bits per heavy atom. The zero-order valence-corrected chi connectivity index (χ0v) is 10.5. The molecule has 0 unspecified atom stereocenters. The van der Waals surface area contributed by atoms with Gasteiger partial charge in [-0.15, -0.1) is 0 Å². The van der Waals surface area contributed by atoms with E-state index in [9.17, 15) is 13.2 Å². The Morgan fingerprint density at radius 1 is 1.38 bits per heavy atom. The van der Waals surface area contributed by atoms with Gasteiger partial charge in [0.15, 0.2) is 0 Å². The Hall–Kier alpha value is -0.700. The van der Waals surface area contributed by atoms with E-state index >= 15 is 0 Å². The molecule has 0 spiro atoms. The molecule has 1 amide bonds. The van der Waals surface area contributed by atoms with Crippen molar-refractivity contribution in [2.45, 2.75) is 13.3 Å². The predicted octanol–water partition coefficient (Wildman–Crippen LogP) is -1.76. The first-order valence-corrected chi connectivity index (χ1v) is 6.49. The maximum Gasteiger partial charge on any atom is 0.279 e. The molecule has 0 bridgehead atoms. The van der Waals surface area contributed by atoms with Crippen molar-refractivity contribution in [2.24, 2.45) is 5.73 Å². The van der Waals surface area contributed by atoms with E-state index in [1.165, 1.54) is 18.3 Å². The van der Waals surface area contributed by atoms with Gasteiger partial charge in [-0.3, -0.25) is 4.79 Å². The molecule has 0 heterocycles. The molecule has 0 rings (SSSR count). The summed E-state index contributed by atoms with van der Waals surface area (Å²) in [5, 5.41) is 2.50. The summed E-state index contributed by atoms with van der Waals surface area (Å²) in [7, 11) is -1.97. The highest BCUT2D eigenvalue weighted by atomic mass is 32.2. The first-order valence-electron chi connectivity index (χ1n) is 5.05. The van der Waals surface area contributed by atoms with Crippen LogP contribution >= 0.6 is 0 Å². The van der Waals surface area contributed by atoms with Crippen molar-refractivity contribution in [1.82, 2.24) is 14.3 Å². The molecule has 0 saturated carbocycles. The Bertz CT molecular complexity index is 304. The third kappa shape index (κ3) is 6.72. The number of nitrogens with zero attached hydrogens (tertiary/aromatic N) is 1. The fourth-order valence-corrected chi connectivity index (χ4v) is 1.91. The zero-order valence-electron chi connectivity index (χ0n) is 9.69. The third-order valence-electron chi connectivity index (χ3n) is 1.87. The topological polar surface area (TPSA) is 105 Å². The molecule has 0 radical (unpaired) electrons. The molecule has 0 aliphatic heterocycles. The van der Waals surface area contributed by atoms with Gasteiger partial charge in [0.05, 0.1) is 0 Å². The van der Waals surface area contributed by atoms with E-state index in [2.05, 4.69) is 10.0 Å². The van der Waals surface area contributed by atoms with E-state index in [0.717, 1.165) is 0 Å². The molecule has 4 N–H and O–H groups in total. The van der Waals surface area contributed by atoms with Gasteiger partial charge in [0, 0.05) is 33.6 Å².